The van der Waals surface area contributed by atoms with E-state index in [9.17, 15) is 4.79 Å². The number of aromatic nitrogens is 2. The summed E-state index contributed by atoms with van der Waals surface area (Å²) in [6.45, 7) is 4.78. The summed E-state index contributed by atoms with van der Waals surface area (Å²) in [5, 5.41) is 3.93. The minimum atomic E-state index is -0.168. The molecule has 1 fully saturated rings. The molecule has 1 aromatic carbocycles. The van der Waals surface area contributed by atoms with Crippen LogP contribution < -0.4 is 4.74 Å². The summed E-state index contributed by atoms with van der Waals surface area (Å²) < 4.78 is 11.1. The molecule has 0 saturated carbocycles. The number of ether oxygens (including phenoxy) is 1. The van der Waals surface area contributed by atoms with Crippen LogP contribution in [0.2, 0.25) is 0 Å². The Kier molecular flexibility index (Phi) is 6.62. The van der Waals surface area contributed by atoms with Crippen LogP contribution in [0.3, 0.4) is 0 Å². The SMILES string of the molecule is C[C@H](c1ccon1)N(C)C(=O)c1ccc(OC2CCN(Cc3ccccn3)CC2)cc1. The van der Waals surface area contributed by atoms with Crippen LogP contribution in [-0.2, 0) is 6.54 Å². The Labute approximate surface area is 182 Å². The summed E-state index contributed by atoms with van der Waals surface area (Å²) in [6, 6.07) is 15.0. The van der Waals surface area contributed by atoms with Gasteiger partial charge >= 0.3 is 0 Å². The Morgan fingerprint density at radius 2 is 1.97 bits per heavy atom. The maximum absolute atomic E-state index is 12.8. The lowest BCUT2D eigenvalue weighted by Gasteiger charge is -2.32. The van der Waals surface area contributed by atoms with Crippen molar-refractivity contribution in [3.05, 3.63) is 77.9 Å². The molecule has 0 bridgehead atoms. The van der Waals surface area contributed by atoms with Crippen LogP contribution in [0, 0.1) is 0 Å². The first-order chi connectivity index (χ1) is 15.1. The maximum Gasteiger partial charge on any atom is 0.254 e. The van der Waals surface area contributed by atoms with Crippen LogP contribution in [0.25, 0.3) is 0 Å². The van der Waals surface area contributed by atoms with Crippen LogP contribution in [0.4, 0.5) is 0 Å². The topological polar surface area (TPSA) is 71.7 Å². The van der Waals surface area contributed by atoms with E-state index in [0.717, 1.165) is 49.6 Å². The largest absolute Gasteiger partial charge is 0.490 e. The summed E-state index contributed by atoms with van der Waals surface area (Å²) in [5.74, 6) is 0.733. The van der Waals surface area contributed by atoms with E-state index in [4.69, 9.17) is 9.26 Å². The first kappa shape index (κ1) is 21.1. The molecule has 1 atom stereocenters. The van der Waals surface area contributed by atoms with E-state index in [-0.39, 0.29) is 18.1 Å². The van der Waals surface area contributed by atoms with Crippen molar-refractivity contribution in [2.45, 2.75) is 38.5 Å². The first-order valence-electron chi connectivity index (χ1n) is 10.7. The van der Waals surface area contributed by atoms with Crippen LogP contribution in [0.1, 0.15) is 47.6 Å². The lowest BCUT2D eigenvalue weighted by Crippen LogP contribution is -2.38. The molecule has 1 aliphatic rings. The third-order valence-electron chi connectivity index (χ3n) is 5.84. The molecular formula is C24H28N4O3. The molecular weight excluding hydrogens is 392 g/mol. The Hall–Kier alpha value is -3.19. The van der Waals surface area contributed by atoms with Gasteiger partial charge in [0.25, 0.3) is 5.91 Å². The monoisotopic (exact) mass is 420 g/mol. The second kappa shape index (κ2) is 9.75. The predicted molar refractivity (Wildman–Crippen MR) is 117 cm³/mol. The van der Waals surface area contributed by atoms with Gasteiger partial charge in [-0.3, -0.25) is 14.7 Å². The summed E-state index contributed by atoms with van der Waals surface area (Å²) in [5.41, 5.74) is 2.45. The van der Waals surface area contributed by atoms with Gasteiger partial charge in [0.1, 0.15) is 23.8 Å². The summed E-state index contributed by atoms with van der Waals surface area (Å²) in [4.78, 5) is 21.3. The van der Waals surface area contributed by atoms with Gasteiger partial charge in [0, 0.05) is 44.5 Å². The number of piperidine rings is 1. The molecule has 1 saturated heterocycles. The average Bonchev–Trinajstić information content (AvgIpc) is 3.35. The minimum Gasteiger partial charge on any atom is -0.490 e. The lowest BCUT2D eigenvalue weighted by molar-refractivity contribution is 0.0737. The number of pyridine rings is 1. The number of rotatable bonds is 7. The molecule has 0 N–H and O–H groups in total. The number of nitrogens with zero attached hydrogens (tertiary/aromatic N) is 4. The highest BCUT2D eigenvalue weighted by atomic mass is 16.5. The Morgan fingerprint density at radius 3 is 2.61 bits per heavy atom. The zero-order chi connectivity index (χ0) is 21.6. The Morgan fingerprint density at radius 1 is 1.19 bits per heavy atom. The summed E-state index contributed by atoms with van der Waals surface area (Å²) >= 11 is 0. The second-order valence-corrected chi connectivity index (χ2v) is 7.96. The molecule has 31 heavy (non-hydrogen) atoms. The summed E-state index contributed by atoms with van der Waals surface area (Å²) in [6.07, 6.45) is 5.50. The fraction of sp³-hybridized carbons (Fsp3) is 0.375. The van der Waals surface area contributed by atoms with E-state index in [1.165, 1.54) is 6.26 Å². The molecule has 1 amide bonds. The molecule has 3 heterocycles. The van der Waals surface area contributed by atoms with Crippen molar-refractivity contribution in [2.24, 2.45) is 0 Å². The predicted octanol–water partition coefficient (Wildman–Crippen LogP) is 3.95. The van der Waals surface area contributed by atoms with Gasteiger partial charge in [-0.25, -0.2) is 0 Å². The fourth-order valence-electron chi connectivity index (χ4n) is 3.79. The standard InChI is InChI=1S/C24H28N4O3/c1-18(23-12-16-30-26-23)27(2)24(29)19-6-8-21(9-7-19)31-22-10-14-28(15-11-22)17-20-5-3-4-13-25-20/h3-9,12-13,16,18,22H,10-11,14-15,17H2,1-2H3/t18-/m1/s1. The van der Waals surface area contributed by atoms with Gasteiger partial charge in [-0.15, -0.1) is 0 Å². The van der Waals surface area contributed by atoms with Crippen molar-refractivity contribution in [3.8, 4) is 5.75 Å². The van der Waals surface area contributed by atoms with E-state index in [2.05, 4.69) is 21.1 Å². The molecule has 0 radical (unpaired) electrons. The molecule has 162 valence electrons. The summed E-state index contributed by atoms with van der Waals surface area (Å²) in [7, 11) is 1.77. The van der Waals surface area contributed by atoms with Gasteiger partial charge in [-0.2, -0.15) is 0 Å². The van der Waals surface area contributed by atoms with Gasteiger partial charge in [0.15, 0.2) is 0 Å². The molecule has 1 aliphatic heterocycles. The van der Waals surface area contributed by atoms with E-state index >= 15 is 0 Å². The number of likely N-dealkylation sites (tertiary alicyclic amines) is 1. The quantitative estimate of drug-likeness (QED) is 0.576. The lowest BCUT2D eigenvalue weighted by atomic mass is 10.1. The number of amides is 1. The molecule has 0 spiro atoms. The highest BCUT2D eigenvalue weighted by Crippen LogP contribution is 2.23. The Bertz CT molecular complexity index is 952. The van der Waals surface area contributed by atoms with Gasteiger partial charge < -0.3 is 14.2 Å². The zero-order valence-corrected chi connectivity index (χ0v) is 18.0. The number of hydrogen-bond acceptors (Lipinski definition) is 6. The van der Waals surface area contributed by atoms with Crippen LogP contribution >= 0.6 is 0 Å². The van der Waals surface area contributed by atoms with Gasteiger partial charge in [0.2, 0.25) is 0 Å². The minimum absolute atomic E-state index is 0.0649. The second-order valence-electron chi connectivity index (χ2n) is 7.96. The number of carbonyl (C=O) groups is 1. The van der Waals surface area contributed by atoms with Crippen LogP contribution in [-0.4, -0.2) is 52.1 Å². The zero-order valence-electron chi connectivity index (χ0n) is 18.0. The molecule has 4 rings (SSSR count). The Balaban J connectivity index is 1.27. The van der Waals surface area contributed by atoms with E-state index in [1.807, 2.05) is 49.5 Å². The smallest absolute Gasteiger partial charge is 0.254 e. The van der Waals surface area contributed by atoms with Gasteiger partial charge in [-0.05, 0) is 56.2 Å². The number of benzene rings is 1. The van der Waals surface area contributed by atoms with Crippen molar-refractivity contribution < 1.29 is 14.1 Å². The molecule has 3 aromatic rings. The van der Waals surface area contributed by atoms with E-state index in [0.29, 0.717) is 5.56 Å². The molecule has 7 nitrogen and oxygen atoms in total. The van der Waals surface area contributed by atoms with Gasteiger partial charge in [0.05, 0.1) is 11.7 Å². The van der Waals surface area contributed by atoms with E-state index < -0.39 is 0 Å². The average molecular weight is 421 g/mol. The van der Waals surface area contributed by atoms with Crippen molar-refractivity contribution in [1.29, 1.82) is 0 Å². The van der Waals surface area contributed by atoms with Crippen LogP contribution in [0.15, 0.2) is 65.5 Å². The molecule has 0 aliphatic carbocycles. The highest BCUT2D eigenvalue weighted by molar-refractivity contribution is 5.94. The first-order valence-corrected chi connectivity index (χ1v) is 10.7. The highest BCUT2D eigenvalue weighted by Gasteiger charge is 2.22. The fourth-order valence-corrected chi connectivity index (χ4v) is 3.79. The molecule has 2 aromatic heterocycles. The number of carbonyl (C=O) groups excluding carboxylic acids is 1. The van der Waals surface area contributed by atoms with Crippen molar-refractivity contribution >= 4 is 5.91 Å². The van der Waals surface area contributed by atoms with Crippen molar-refractivity contribution in [2.75, 3.05) is 20.1 Å². The maximum atomic E-state index is 12.8. The third-order valence-corrected chi connectivity index (χ3v) is 5.84. The third kappa shape index (κ3) is 5.30. The molecule has 7 heteroatoms. The number of hydrogen-bond donors (Lipinski definition) is 0. The van der Waals surface area contributed by atoms with Crippen molar-refractivity contribution in [1.82, 2.24) is 19.9 Å². The van der Waals surface area contributed by atoms with Crippen LogP contribution in [0.5, 0.6) is 5.75 Å². The van der Waals surface area contributed by atoms with Crippen molar-refractivity contribution in [3.63, 3.8) is 0 Å². The normalized spacial score (nSPS) is 16.1. The molecule has 0 unspecified atom stereocenters. The van der Waals surface area contributed by atoms with E-state index in [1.54, 1.807) is 18.0 Å². The van der Waals surface area contributed by atoms with Gasteiger partial charge in [-0.1, -0.05) is 11.2 Å².